The van der Waals surface area contributed by atoms with Gasteiger partial charge in [0.15, 0.2) is 0 Å². The maximum Gasteiger partial charge on any atom is 0.433 e. The van der Waals surface area contributed by atoms with E-state index in [1.54, 1.807) is 0 Å². The minimum absolute atomic E-state index is 0.0165. The van der Waals surface area contributed by atoms with E-state index in [1.165, 1.54) is 6.92 Å². The SMILES string of the molecule is CCCCCCC(F)(C(=O)OCC)C(F)(F)F. The van der Waals surface area contributed by atoms with Crippen molar-refractivity contribution in [3.05, 3.63) is 0 Å². The number of ether oxygens (including phenoxy) is 1. The van der Waals surface area contributed by atoms with Gasteiger partial charge in [-0.25, -0.2) is 9.18 Å². The van der Waals surface area contributed by atoms with Crippen LogP contribution in [0.15, 0.2) is 0 Å². The summed E-state index contributed by atoms with van der Waals surface area (Å²) in [5, 5.41) is 0. The molecule has 0 spiro atoms. The number of esters is 1. The molecule has 17 heavy (non-hydrogen) atoms. The van der Waals surface area contributed by atoms with E-state index in [0.29, 0.717) is 6.42 Å². The normalized spacial score (nSPS) is 15.4. The number of rotatable bonds is 7. The highest BCUT2D eigenvalue weighted by atomic mass is 19.4. The first-order valence-electron chi connectivity index (χ1n) is 5.72. The fourth-order valence-corrected chi connectivity index (χ4v) is 1.40. The van der Waals surface area contributed by atoms with Crippen molar-refractivity contribution in [1.29, 1.82) is 0 Å². The Hall–Kier alpha value is -0.810. The molecule has 0 aliphatic heterocycles. The van der Waals surface area contributed by atoms with Gasteiger partial charge in [-0.15, -0.1) is 0 Å². The molecule has 0 bridgehead atoms. The molecule has 0 saturated heterocycles. The third-order valence-electron chi connectivity index (χ3n) is 2.42. The quantitative estimate of drug-likeness (QED) is 0.394. The Morgan fingerprint density at radius 1 is 1.06 bits per heavy atom. The van der Waals surface area contributed by atoms with Gasteiger partial charge in [-0.2, -0.15) is 13.2 Å². The van der Waals surface area contributed by atoms with Gasteiger partial charge < -0.3 is 4.74 Å². The zero-order chi connectivity index (χ0) is 13.5. The van der Waals surface area contributed by atoms with Gasteiger partial charge in [0.1, 0.15) is 0 Å². The summed E-state index contributed by atoms with van der Waals surface area (Å²) in [6.45, 7) is 2.96. The van der Waals surface area contributed by atoms with E-state index in [-0.39, 0.29) is 13.0 Å². The Labute approximate surface area is 98.3 Å². The van der Waals surface area contributed by atoms with Gasteiger partial charge in [0.2, 0.25) is 0 Å². The molecule has 0 N–H and O–H groups in total. The molecule has 0 saturated carbocycles. The van der Waals surface area contributed by atoms with Gasteiger partial charge in [-0.05, 0) is 13.3 Å². The van der Waals surface area contributed by atoms with Crippen LogP contribution in [0.3, 0.4) is 0 Å². The van der Waals surface area contributed by atoms with E-state index in [1.807, 2.05) is 6.92 Å². The number of alkyl halides is 4. The van der Waals surface area contributed by atoms with Gasteiger partial charge >= 0.3 is 17.8 Å². The van der Waals surface area contributed by atoms with Gasteiger partial charge in [0.05, 0.1) is 6.61 Å². The Balaban J connectivity index is 4.57. The second kappa shape index (κ2) is 6.81. The zero-order valence-electron chi connectivity index (χ0n) is 10.1. The van der Waals surface area contributed by atoms with E-state index >= 15 is 0 Å². The topological polar surface area (TPSA) is 26.3 Å². The van der Waals surface area contributed by atoms with Gasteiger partial charge in [0, 0.05) is 6.42 Å². The molecule has 0 aromatic heterocycles. The number of hydrogen-bond donors (Lipinski definition) is 0. The summed E-state index contributed by atoms with van der Waals surface area (Å²) in [4.78, 5) is 11.1. The fraction of sp³-hybridized carbons (Fsp3) is 0.909. The van der Waals surface area contributed by atoms with E-state index < -0.39 is 24.2 Å². The summed E-state index contributed by atoms with van der Waals surface area (Å²) in [7, 11) is 0. The smallest absolute Gasteiger partial charge is 0.433 e. The Bertz CT molecular complexity index is 240. The molecule has 0 heterocycles. The van der Waals surface area contributed by atoms with Crippen molar-refractivity contribution >= 4 is 5.97 Å². The van der Waals surface area contributed by atoms with Crippen molar-refractivity contribution in [2.45, 2.75) is 57.8 Å². The molecule has 2 nitrogen and oxygen atoms in total. The molecular formula is C11H18F4O2. The molecule has 102 valence electrons. The number of carbonyl (C=O) groups excluding carboxylic acids is 1. The molecule has 1 unspecified atom stereocenters. The van der Waals surface area contributed by atoms with Crippen LogP contribution in [-0.2, 0) is 9.53 Å². The lowest BCUT2D eigenvalue weighted by Crippen LogP contribution is -2.49. The van der Waals surface area contributed by atoms with Gasteiger partial charge in [-0.1, -0.05) is 26.2 Å². The third kappa shape index (κ3) is 4.52. The summed E-state index contributed by atoms with van der Waals surface area (Å²) in [5.74, 6) is -1.83. The second-order valence-corrected chi connectivity index (χ2v) is 3.83. The number of carbonyl (C=O) groups is 1. The Morgan fingerprint density at radius 3 is 2.06 bits per heavy atom. The third-order valence-corrected chi connectivity index (χ3v) is 2.42. The van der Waals surface area contributed by atoms with Crippen LogP contribution in [0.5, 0.6) is 0 Å². The summed E-state index contributed by atoms with van der Waals surface area (Å²) >= 11 is 0. The molecular weight excluding hydrogens is 240 g/mol. The highest BCUT2D eigenvalue weighted by molar-refractivity contribution is 5.80. The maximum atomic E-state index is 13.7. The summed E-state index contributed by atoms with van der Waals surface area (Å²) in [5.41, 5.74) is -3.86. The maximum absolute atomic E-state index is 13.7. The van der Waals surface area contributed by atoms with Crippen molar-refractivity contribution in [3.63, 3.8) is 0 Å². The van der Waals surface area contributed by atoms with Crippen LogP contribution in [0, 0.1) is 0 Å². The molecule has 0 aliphatic rings. The van der Waals surface area contributed by atoms with E-state index in [2.05, 4.69) is 4.74 Å². The standard InChI is InChI=1S/C11H18F4O2/c1-3-5-6-7-8-10(12,11(13,14)15)9(16)17-4-2/h3-8H2,1-2H3. The van der Waals surface area contributed by atoms with Crippen molar-refractivity contribution in [2.24, 2.45) is 0 Å². The first-order valence-corrected chi connectivity index (χ1v) is 5.72. The largest absolute Gasteiger partial charge is 0.463 e. The molecule has 0 radical (unpaired) electrons. The van der Waals surface area contributed by atoms with E-state index in [0.717, 1.165) is 12.8 Å². The molecule has 0 amide bonds. The lowest BCUT2D eigenvalue weighted by molar-refractivity contribution is -0.241. The van der Waals surface area contributed by atoms with E-state index in [9.17, 15) is 22.4 Å². The Kier molecular flexibility index (Phi) is 6.49. The predicted octanol–water partition coefficient (Wildman–Crippen LogP) is 3.79. The molecule has 0 fully saturated rings. The summed E-state index contributed by atoms with van der Waals surface area (Å²) < 4.78 is 55.4. The minimum atomic E-state index is -5.22. The molecule has 0 rings (SSSR count). The van der Waals surface area contributed by atoms with Gasteiger partial charge in [-0.3, -0.25) is 0 Å². The van der Waals surface area contributed by atoms with Crippen molar-refractivity contribution in [2.75, 3.05) is 6.61 Å². The average Bonchev–Trinajstić information content (AvgIpc) is 2.22. The monoisotopic (exact) mass is 258 g/mol. The highest BCUT2D eigenvalue weighted by Gasteiger charge is 2.62. The van der Waals surface area contributed by atoms with Gasteiger partial charge in [0.25, 0.3) is 0 Å². The first-order chi connectivity index (χ1) is 7.79. The fourth-order valence-electron chi connectivity index (χ4n) is 1.40. The first kappa shape index (κ1) is 16.2. The molecule has 0 aromatic carbocycles. The highest BCUT2D eigenvalue weighted by Crippen LogP contribution is 2.39. The molecule has 1 atom stereocenters. The lowest BCUT2D eigenvalue weighted by Gasteiger charge is -2.25. The molecule has 0 aliphatic carbocycles. The van der Waals surface area contributed by atoms with E-state index in [4.69, 9.17) is 0 Å². The molecule has 0 aromatic rings. The van der Waals surface area contributed by atoms with Crippen LogP contribution in [0.2, 0.25) is 0 Å². The predicted molar refractivity (Wildman–Crippen MR) is 55.3 cm³/mol. The van der Waals surface area contributed by atoms with Crippen LogP contribution in [0.4, 0.5) is 17.6 Å². The number of halogens is 4. The van der Waals surface area contributed by atoms with Crippen molar-refractivity contribution < 1.29 is 27.1 Å². The Morgan fingerprint density at radius 2 is 1.65 bits per heavy atom. The summed E-state index contributed by atoms with van der Waals surface area (Å²) in [6.07, 6.45) is -4.05. The van der Waals surface area contributed by atoms with Crippen LogP contribution in [-0.4, -0.2) is 24.4 Å². The average molecular weight is 258 g/mol. The number of hydrogen-bond acceptors (Lipinski definition) is 2. The second-order valence-electron chi connectivity index (χ2n) is 3.83. The van der Waals surface area contributed by atoms with Crippen molar-refractivity contribution in [3.8, 4) is 0 Å². The van der Waals surface area contributed by atoms with Crippen LogP contribution in [0.1, 0.15) is 46.0 Å². The van der Waals surface area contributed by atoms with Crippen LogP contribution >= 0.6 is 0 Å². The lowest BCUT2D eigenvalue weighted by atomic mass is 9.97. The van der Waals surface area contributed by atoms with Crippen LogP contribution < -0.4 is 0 Å². The van der Waals surface area contributed by atoms with Crippen LogP contribution in [0.25, 0.3) is 0 Å². The molecule has 6 heteroatoms. The number of unbranched alkanes of at least 4 members (excludes halogenated alkanes) is 3. The zero-order valence-corrected chi connectivity index (χ0v) is 10.1. The minimum Gasteiger partial charge on any atom is -0.463 e. The summed E-state index contributed by atoms with van der Waals surface area (Å²) in [6, 6.07) is 0. The van der Waals surface area contributed by atoms with Crippen molar-refractivity contribution in [1.82, 2.24) is 0 Å².